The molecule has 0 radical (unpaired) electrons. The van der Waals surface area contributed by atoms with Crippen molar-refractivity contribution in [1.82, 2.24) is 0 Å². The van der Waals surface area contributed by atoms with Crippen LogP contribution in [-0.4, -0.2) is 74.9 Å². The lowest BCUT2D eigenvalue weighted by Gasteiger charge is -2.24. The summed E-state index contributed by atoms with van der Waals surface area (Å²) < 4.78 is 34.7. The molecule has 9 nitrogen and oxygen atoms in total. The molecule has 450 valence electrons. The summed E-state index contributed by atoms with van der Waals surface area (Å²) in [5.41, 5.74) is 0. The summed E-state index contributed by atoms with van der Waals surface area (Å²) in [6.45, 7) is 4.23. The molecule has 0 spiro atoms. The molecule has 0 rings (SSSR count). The maximum atomic E-state index is 12.9. The summed E-state index contributed by atoms with van der Waals surface area (Å²) in [5, 5.41) is 0. The molecule has 2 unspecified atom stereocenters. The molecule has 0 aliphatic rings. The minimum atomic E-state index is -4.39. The number of hydrogen-bond donors (Lipinski definition) is 1. The van der Waals surface area contributed by atoms with Gasteiger partial charge in [0.2, 0.25) is 0 Å². The quantitative estimate of drug-likeness (QED) is 0.0211. The van der Waals surface area contributed by atoms with Crippen LogP contribution in [-0.2, 0) is 32.7 Å². The van der Waals surface area contributed by atoms with E-state index in [1.807, 2.05) is 21.1 Å². The second-order valence-corrected chi connectivity index (χ2v) is 23.8. The van der Waals surface area contributed by atoms with E-state index in [0.717, 1.165) is 83.5 Å². The zero-order chi connectivity index (χ0) is 57.0. The number of phosphoric ester groups is 1. The molecule has 0 saturated carbocycles. The summed E-state index contributed by atoms with van der Waals surface area (Å²) >= 11 is 0. The van der Waals surface area contributed by atoms with Crippen LogP contribution in [0, 0.1) is 0 Å². The fourth-order valence-electron chi connectivity index (χ4n) is 8.76. The Morgan fingerprint density at radius 3 is 1.03 bits per heavy atom. The minimum Gasteiger partial charge on any atom is -0.462 e. The van der Waals surface area contributed by atoms with Crippen LogP contribution in [0.1, 0.15) is 271 Å². The Hall–Kier alpha value is -3.07. The van der Waals surface area contributed by atoms with E-state index in [0.29, 0.717) is 17.4 Å². The fourth-order valence-corrected chi connectivity index (χ4v) is 9.51. The van der Waals surface area contributed by atoms with Crippen molar-refractivity contribution in [1.29, 1.82) is 0 Å². The van der Waals surface area contributed by atoms with Crippen molar-refractivity contribution in [2.24, 2.45) is 0 Å². The van der Waals surface area contributed by atoms with Gasteiger partial charge in [-0.2, -0.15) is 0 Å². The number of allylic oxidation sites excluding steroid dienone is 16. The Kier molecular flexibility index (Phi) is 56.3. The third kappa shape index (κ3) is 62.1. The highest BCUT2D eigenvalue weighted by Gasteiger charge is 2.27. The third-order valence-corrected chi connectivity index (χ3v) is 14.6. The number of carbonyl (C=O) groups excluding carboxylic acids is 2. The van der Waals surface area contributed by atoms with Gasteiger partial charge in [-0.15, -0.1) is 0 Å². The molecule has 78 heavy (non-hydrogen) atoms. The molecule has 0 aromatic rings. The van der Waals surface area contributed by atoms with Crippen molar-refractivity contribution < 1.29 is 42.1 Å². The van der Waals surface area contributed by atoms with Crippen LogP contribution < -0.4 is 0 Å². The Morgan fingerprint density at radius 2 is 0.692 bits per heavy atom. The molecular weight excluding hydrogens is 990 g/mol. The van der Waals surface area contributed by atoms with Gasteiger partial charge in [-0.05, 0) is 89.9 Å². The zero-order valence-electron chi connectivity index (χ0n) is 51.1. The van der Waals surface area contributed by atoms with E-state index >= 15 is 0 Å². The van der Waals surface area contributed by atoms with E-state index in [1.54, 1.807) is 0 Å². The largest absolute Gasteiger partial charge is 0.472 e. The maximum Gasteiger partial charge on any atom is 0.472 e. The van der Waals surface area contributed by atoms with Gasteiger partial charge in [-0.3, -0.25) is 18.6 Å². The van der Waals surface area contributed by atoms with E-state index in [2.05, 4.69) is 111 Å². The number of nitrogens with zero attached hydrogens (tertiary/aromatic N) is 1. The van der Waals surface area contributed by atoms with Gasteiger partial charge in [0.15, 0.2) is 6.10 Å². The highest BCUT2D eigenvalue weighted by atomic mass is 31.2. The standard InChI is InChI=1S/C68H120NO8P/c1-6-8-10-12-14-16-18-20-22-24-26-28-30-32-33-34-35-37-39-41-43-45-47-49-51-53-55-57-59-61-68(71)77-66(65-76-78(72,73)75-63-62-69(3,4)5)64-74-67(70)60-58-56-54-52-50-48-46-44-42-40-38-36-31-29-27-25-23-21-19-17-15-13-11-9-7-2/h8-11,14-17,20-23,26-29,66H,6-7,12-13,18-19,24-25,30-65H2,1-5H3/p+1/b10-8-,11-9-,16-14-,17-15-,22-20-,23-21-,28-26-,29-27-. The molecule has 0 amide bonds. The summed E-state index contributed by atoms with van der Waals surface area (Å²) in [6.07, 6.45) is 80.6. The van der Waals surface area contributed by atoms with Gasteiger partial charge in [0, 0.05) is 12.8 Å². The van der Waals surface area contributed by atoms with Gasteiger partial charge in [0.25, 0.3) is 0 Å². The Labute approximate surface area is 481 Å². The number of phosphoric acid groups is 1. The van der Waals surface area contributed by atoms with Crippen molar-refractivity contribution in [2.45, 2.75) is 277 Å². The smallest absolute Gasteiger partial charge is 0.462 e. The first-order chi connectivity index (χ1) is 38.0. The van der Waals surface area contributed by atoms with E-state index in [9.17, 15) is 19.0 Å². The average Bonchev–Trinajstić information content (AvgIpc) is 3.41. The Morgan fingerprint density at radius 1 is 0.397 bits per heavy atom. The average molecular weight is 1110 g/mol. The number of carbonyl (C=O) groups is 2. The van der Waals surface area contributed by atoms with Crippen molar-refractivity contribution >= 4 is 19.8 Å². The molecule has 0 heterocycles. The molecule has 0 saturated heterocycles. The summed E-state index contributed by atoms with van der Waals surface area (Å²) in [4.78, 5) is 35.8. The predicted octanol–water partition coefficient (Wildman–Crippen LogP) is 20.4. The number of ether oxygens (including phenoxy) is 2. The van der Waals surface area contributed by atoms with E-state index in [1.165, 1.54) is 154 Å². The van der Waals surface area contributed by atoms with Crippen LogP contribution >= 0.6 is 7.82 Å². The normalized spacial score (nSPS) is 13.9. The zero-order valence-corrected chi connectivity index (χ0v) is 52.0. The summed E-state index contributed by atoms with van der Waals surface area (Å²) in [7, 11) is 1.47. The van der Waals surface area contributed by atoms with Gasteiger partial charge in [-0.1, -0.05) is 265 Å². The Balaban J connectivity index is 4.09. The van der Waals surface area contributed by atoms with Crippen LogP contribution in [0.5, 0.6) is 0 Å². The minimum absolute atomic E-state index is 0.0287. The number of quaternary nitrogens is 1. The molecule has 0 aliphatic carbocycles. The molecule has 0 aliphatic heterocycles. The second-order valence-electron chi connectivity index (χ2n) is 22.4. The topological polar surface area (TPSA) is 108 Å². The number of likely N-dealkylation sites (N-methyl/N-ethyl adjacent to an activating group) is 1. The second kappa shape index (κ2) is 58.6. The summed E-state index contributed by atoms with van der Waals surface area (Å²) in [5.74, 6) is -0.795. The van der Waals surface area contributed by atoms with Gasteiger partial charge in [-0.25, -0.2) is 4.57 Å². The van der Waals surface area contributed by atoms with E-state index in [-0.39, 0.29) is 32.0 Å². The number of unbranched alkanes of at least 4 members (excludes halogenated alkanes) is 28. The fraction of sp³-hybridized carbons (Fsp3) is 0.735. The van der Waals surface area contributed by atoms with Crippen LogP contribution in [0.4, 0.5) is 0 Å². The number of rotatable bonds is 58. The molecule has 0 aromatic carbocycles. The van der Waals surface area contributed by atoms with Crippen LogP contribution in [0.2, 0.25) is 0 Å². The first-order valence-electron chi connectivity index (χ1n) is 32.0. The van der Waals surface area contributed by atoms with Crippen molar-refractivity contribution in [2.75, 3.05) is 47.5 Å². The van der Waals surface area contributed by atoms with Crippen molar-refractivity contribution in [3.63, 3.8) is 0 Å². The highest BCUT2D eigenvalue weighted by Crippen LogP contribution is 2.43. The van der Waals surface area contributed by atoms with Gasteiger partial charge in [0.1, 0.15) is 19.8 Å². The first-order valence-corrected chi connectivity index (χ1v) is 33.5. The molecule has 0 bridgehead atoms. The SMILES string of the molecule is CC/C=C\C/C=C\C/C=C\C/C=C\CCCCCCCCCCCCCCCCCCC(=O)OC(COC(=O)CCCCCCCCCCCCCC/C=C\C/C=C\C/C=C\C/C=C\CC)COP(=O)(O)OCC[N+](C)(C)C. The lowest BCUT2D eigenvalue weighted by atomic mass is 10.0. The molecular formula is C68H121NO8P+. The van der Waals surface area contributed by atoms with Crippen LogP contribution in [0.15, 0.2) is 97.2 Å². The predicted molar refractivity (Wildman–Crippen MR) is 335 cm³/mol. The lowest BCUT2D eigenvalue weighted by Crippen LogP contribution is -2.37. The van der Waals surface area contributed by atoms with Crippen LogP contribution in [0.3, 0.4) is 0 Å². The molecule has 2 atom stereocenters. The first kappa shape index (κ1) is 74.9. The van der Waals surface area contributed by atoms with Crippen molar-refractivity contribution in [3.05, 3.63) is 97.2 Å². The van der Waals surface area contributed by atoms with Gasteiger partial charge < -0.3 is 18.9 Å². The molecule has 0 fully saturated rings. The molecule has 0 aromatic heterocycles. The monoisotopic (exact) mass is 1110 g/mol. The van der Waals surface area contributed by atoms with E-state index < -0.39 is 26.5 Å². The number of hydrogen-bond acceptors (Lipinski definition) is 7. The van der Waals surface area contributed by atoms with Gasteiger partial charge >= 0.3 is 19.8 Å². The van der Waals surface area contributed by atoms with E-state index in [4.69, 9.17) is 18.5 Å². The summed E-state index contributed by atoms with van der Waals surface area (Å²) in [6, 6.07) is 0. The van der Waals surface area contributed by atoms with Crippen molar-refractivity contribution in [3.8, 4) is 0 Å². The Bertz CT molecular complexity index is 1640. The molecule has 10 heteroatoms. The highest BCUT2D eigenvalue weighted by molar-refractivity contribution is 7.47. The van der Waals surface area contributed by atoms with Crippen LogP contribution in [0.25, 0.3) is 0 Å². The van der Waals surface area contributed by atoms with Gasteiger partial charge in [0.05, 0.1) is 27.7 Å². The molecule has 1 N–H and O–H groups in total. The maximum absolute atomic E-state index is 12.9. The lowest BCUT2D eigenvalue weighted by molar-refractivity contribution is -0.870. The number of esters is 2. The third-order valence-electron chi connectivity index (χ3n) is 13.6.